The first-order valence-corrected chi connectivity index (χ1v) is 8.83. The van der Waals surface area contributed by atoms with E-state index in [1.54, 1.807) is 0 Å². The molecule has 0 aromatic rings. The molecular formula is C17H29NO2S. The zero-order chi connectivity index (χ0) is 16.1. The molecule has 3 nitrogen and oxygen atoms in total. The minimum Gasteiger partial charge on any atom is -0.351 e. The van der Waals surface area contributed by atoms with Crippen LogP contribution in [0.1, 0.15) is 60.3 Å². The lowest BCUT2D eigenvalue weighted by Crippen LogP contribution is -2.44. The number of nitrogens with one attached hydrogen (secondary N) is 1. The summed E-state index contributed by atoms with van der Waals surface area (Å²) in [5, 5.41) is 3.31. The fourth-order valence-electron chi connectivity index (χ4n) is 2.59. The number of carbonyl (C=O) groups excluding carboxylic acids is 2. The summed E-state index contributed by atoms with van der Waals surface area (Å²) in [6, 6.07) is 0. The normalized spacial score (nSPS) is 28.3. The molecule has 120 valence electrons. The lowest BCUT2D eigenvalue weighted by atomic mass is 9.81. The zero-order valence-corrected chi connectivity index (χ0v) is 14.8. The maximum atomic E-state index is 12.3. The lowest BCUT2D eigenvalue weighted by molar-refractivity contribution is -0.126. The molecule has 0 heterocycles. The maximum Gasteiger partial charge on any atom is 0.223 e. The van der Waals surface area contributed by atoms with E-state index in [1.165, 1.54) is 11.8 Å². The highest BCUT2D eigenvalue weighted by Gasteiger charge is 2.32. The highest BCUT2D eigenvalue weighted by Crippen LogP contribution is 2.35. The third-order valence-electron chi connectivity index (χ3n) is 3.77. The maximum absolute atomic E-state index is 12.3. The predicted octanol–water partition coefficient (Wildman–Crippen LogP) is 3.93. The average Bonchev–Trinajstić information content (AvgIpc) is 2.31. The highest BCUT2D eigenvalue weighted by atomic mass is 32.2. The van der Waals surface area contributed by atoms with Crippen molar-refractivity contribution in [3.63, 3.8) is 0 Å². The SMILES string of the molecule is CCSC(=O)C1(C)/C=C/CC(C(=O)NC(C)(C)C)CCC1. The topological polar surface area (TPSA) is 46.2 Å². The quantitative estimate of drug-likeness (QED) is 0.803. The molecule has 1 amide bonds. The Labute approximate surface area is 133 Å². The second-order valence-electron chi connectivity index (χ2n) is 7.10. The third kappa shape index (κ3) is 5.85. The summed E-state index contributed by atoms with van der Waals surface area (Å²) in [6.45, 7) is 10.0. The van der Waals surface area contributed by atoms with Crippen LogP contribution in [-0.4, -0.2) is 22.3 Å². The van der Waals surface area contributed by atoms with Crippen LogP contribution in [0.4, 0.5) is 0 Å². The van der Waals surface area contributed by atoms with Gasteiger partial charge < -0.3 is 5.32 Å². The molecule has 0 aromatic carbocycles. The molecule has 1 N–H and O–H groups in total. The van der Waals surface area contributed by atoms with Gasteiger partial charge in [-0.25, -0.2) is 0 Å². The Kier molecular flexibility index (Phi) is 6.51. The standard InChI is InChI=1S/C17H29NO2S/c1-6-21-15(20)17(5)11-7-9-13(10-8-12-17)14(19)18-16(2,3)4/h7,11,13H,6,8-10,12H2,1-5H3,(H,18,19)/b11-7+. The molecule has 0 radical (unpaired) electrons. The van der Waals surface area contributed by atoms with E-state index in [1.807, 2.05) is 46.8 Å². The molecule has 21 heavy (non-hydrogen) atoms. The van der Waals surface area contributed by atoms with Crippen LogP contribution in [0.2, 0.25) is 0 Å². The van der Waals surface area contributed by atoms with Gasteiger partial charge in [0.1, 0.15) is 0 Å². The Morgan fingerprint density at radius 2 is 2.05 bits per heavy atom. The van der Waals surface area contributed by atoms with Gasteiger partial charge in [0.05, 0.1) is 5.41 Å². The van der Waals surface area contributed by atoms with Crippen molar-refractivity contribution in [2.75, 3.05) is 5.75 Å². The molecule has 0 aromatic heterocycles. The van der Waals surface area contributed by atoms with Gasteiger partial charge in [0.25, 0.3) is 0 Å². The molecule has 1 aliphatic rings. The molecule has 0 spiro atoms. The van der Waals surface area contributed by atoms with E-state index < -0.39 is 0 Å². The molecule has 0 saturated heterocycles. The summed E-state index contributed by atoms with van der Waals surface area (Å²) in [5.41, 5.74) is -0.558. The van der Waals surface area contributed by atoms with Gasteiger partial charge in [-0.2, -0.15) is 0 Å². The van der Waals surface area contributed by atoms with E-state index in [9.17, 15) is 9.59 Å². The first kappa shape index (κ1) is 18.3. The van der Waals surface area contributed by atoms with Gasteiger partial charge in [0.2, 0.25) is 5.91 Å². The Morgan fingerprint density at radius 1 is 1.38 bits per heavy atom. The van der Waals surface area contributed by atoms with E-state index in [-0.39, 0.29) is 27.9 Å². The van der Waals surface area contributed by atoms with E-state index in [0.29, 0.717) is 0 Å². The summed E-state index contributed by atoms with van der Waals surface area (Å²) in [7, 11) is 0. The number of rotatable bonds is 3. The summed E-state index contributed by atoms with van der Waals surface area (Å²) in [5.74, 6) is 0.975. The van der Waals surface area contributed by atoms with Gasteiger partial charge in [0.15, 0.2) is 5.12 Å². The number of amides is 1. The van der Waals surface area contributed by atoms with Crippen molar-refractivity contribution >= 4 is 22.8 Å². The Bertz CT molecular complexity index is 412. The van der Waals surface area contributed by atoms with Crippen molar-refractivity contribution in [1.82, 2.24) is 5.32 Å². The molecule has 0 fully saturated rings. The van der Waals surface area contributed by atoms with Crippen LogP contribution < -0.4 is 5.32 Å². The Balaban J connectivity index is 2.70. The van der Waals surface area contributed by atoms with E-state index >= 15 is 0 Å². The van der Waals surface area contributed by atoms with Crippen molar-refractivity contribution in [2.24, 2.45) is 11.3 Å². The molecular weight excluding hydrogens is 282 g/mol. The van der Waals surface area contributed by atoms with Crippen molar-refractivity contribution in [3.05, 3.63) is 12.2 Å². The Morgan fingerprint density at radius 3 is 2.62 bits per heavy atom. The van der Waals surface area contributed by atoms with Crippen molar-refractivity contribution < 1.29 is 9.59 Å². The summed E-state index contributed by atoms with van der Waals surface area (Å²) in [6.07, 6.45) is 7.37. The van der Waals surface area contributed by atoms with Gasteiger partial charge in [-0.3, -0.25) is 9.59 Å². The fraction of sp³-hybridized carbons (Fsp3) is 0.765. The minimum atomic E-state index is -0.369. The monoisotopic (exact) mass is 311 g/mol. The Hall–Kier alpha value is -0.770. The van der Waals surface area contributed by atoms with Crippen LogP contribution in [-0.2, 0) is 9.59 Å². The van der Waals surface area contributed by atoms with Gasteiger partial charge in [-0.15, -0.1) is 0 Å². The number of thioether (sulfide) groups is 1. The highest BCUT2D eigenvalue weighted by molar-refractivity contribution is 8.13. The summed E-state index contributed by atoms with van der Waals surface area (Å²) >= 11 is 1.40. The van der Waals surface area contributed by atoms with Gasteiger partial charge in [0, 0.05) is 11.5 Å². The van der Waals surface area contributed by atoms with Gasteiger partial charge in [-0.05, 0) is 52.7 Å². The first-order valence-electron chi connectivity index (χ1n) is 7.85. The zero-order valence-electron chi connectivity index (χ0n) is 14.0. The lowest BCUT2D eigenvalue weighted by Gasteiger charge is -2.29. The molecule has 0 aliphatic heterocycles. The van der Waals surface area contributed by atoms with Crippen LogP contribution in [0.25, 0.3) is 0 Å². The first-order chi connectivity index (χ1) is 9.68. The van der Waals surface area contributed by atoms with Gasteiger partial charge >= 0.3 is 0 Å². The predicted molar refractivity (Wildman–Crippen MR) is 90.2 cm³/mol. The van der Waals surface area contributed by atoms with Crippen LogP contribution in [0.5, 0.6) is 0 Å². The molecule has 4 heteroatoms. The smallest absolute Gasteiger partial charge is 0.223 e. The van der Waals surface area contributed by atoms with Crippen molar-refractivity contribution in [3.8, 4) is 0 Å². The second-order valence-corrected chi connectivity index (χ2v) is 8.34. The number of carbonyl (C=O) groups is 2. The molecule has 2 atom stereocenters. The molecule has 0 saturated carbocycles. The van der Waals surface area contributed by atoms with Crippen molar-refractivity contribution in [2.45, 2.75) is 65.8 Å². The molecule has 1 rings (SSSR count). The molecule has 0 bridgehead atoms. The van der Waals surface area contributed by atoms with Crippen LogP contribution in [0, 0.1) is 11.3 Å². The number of allylic oxidation sites excluding steroid dienone is 2. The molecule has 1 aliphatic carbocycles. The molecule has 2 unspecified atom stereocenters. The second kappa shape index (κ2) is 7.48. The average molecular weight is 311 g/mol. The van der Waals surface area contributed by atoms with Crippen LogP contribution in [0.15, 0.2) is 12.2 Å². The number of hydrogen-bond acceptors (Lipinski definition) is 3. The van der Waals surface area contributed by atoms with E-state index in [4.69, 9.17) is 0 Å². The van der Waals surface area contributed by atoms with Crippen LogP contribution >= 0.6 is 11.8 Å². The summed E-state index contributed by atoms with van der Waals surface area (Å²) in [4.78, 5) is 24.5. The van der Waals surface area contributed by atoms with E-state index in [0.717, 1.165) is 31.4 Å². The van der Waals surface area contributed by atoms with E-state index in [2.05, 4.69) is 5.32 Å². The van der Waals surface area contributed by atoms with Crippen LogP contribution in [0.3, 0.4) is 0 Å². The minimum absolute atomic E-state index is 0.0268. The number of hydrogen-bond donors (Lipinski definition) is 1. The largest absolute Gasteiger partial charge is 0.351 e. The third-order valence-corrected chi connectivity index (χ3v) is 4.78. The summed E-state index contributed by atoms with van der Waals surface area (Å²) < 4.78 is 0. The fourth-order valence-corrected chi connectivity index (χ4v) is 3.35. The van der Waals surface area contributed by atoms with Crippen molar-refractivity contribution in [1.29, 1.82) is 0 Å². The van der Waals surface area contributed by atoms with Gasteiger partial charge in [-0.1, -0.05) is 37.3 Å².